The molecule has 3 rings (SSSR count). The Bertz CT molecular complexity index is 657. The maximum Gasteiger partial charge on any atom is 0.0253 e. The molecule has 0 atom stereocenters. The Balaban J connectivity index is 2.35. The molecule has 3 aromatic rings. The Hall–Kier alpha value is -1.60. The van der Waals surface area contributed by atoms with E-state index in [1.165, 1.54) is 21.9 Å². The van der Waals surface area contributed by atoms with Crippen molar-refractivity contribution < 1.29 is 0 Å². The van der Waals surface area contributed by atoms with Gasteiger partial charge < -0.3 is 0 Å². The number of halogens is 1. The van der Waals surface area contributed by atoms with Crippen LogP contribution in [-0.4, -0.2) is 0 Å². The van der Waals surface area contributed by atoms with Crippen LogP contribution in [0.3, 0.4) is 0 Å². The molecule has 0 aliphatic heterocycles. The van der Waals surface area contributed by atoms with E-state index in [0.717, 1.165) is 4.47 Å². The fourth-order valence-corrected chi connectivity index (χ4v) is 2.64. The molecule has 0 spiro atoms. The summed E-state index contributed by atoms with van der Waals surface area (Å²) in [4.78, 5) is 0. The Labute approximate surface area is 109 Å². The summed E-state index contributed by atoms with van der Waals surface area (Å²) < 4.78 is 1.15. The number of hydrogen-bond acceptors (Lipinski definition) is 0. The predicted molar refractivity (Wildman–Crippen MR) is 77.1 cm³/mol. The molecule has 0 unspecified atom stereocenters. The molecule has 0 nitrogen and oxygen atoms in total. The van der Waals surface area contributed by atoms with Crippen LogP contribution in [-0.2, 0) is 0 Å². The van der Waals surface area contributed by atoms with Gasteiger partial charge in [-0.1, -0.05) is 76.6 Å². The van der Waals surface area contributed by atoms with Gasteiger partial charge in [0, 0.05) is 4.47 Å². The summed E-state index contributed by atoms with van der Waals surface area (Å²) in [7, 11) is 0. The molecule has 0 N–H and O–H groups in total. The van der Waals surface area contributed by atoms with E-state index in [-0.39, 0.29) is 0 Å². The molecule has 1 heteroatoms. The third kappa shape index (κ3) is 1.87. The van der Waals surface area contributed by atoms with Crippen LogP contribution in [0.4, 0.5) is 0 Å². The molecule has 0 aromatic heterocycles. The number of rotatable bonds is 1. The van der Waals surface area contributed by atoms with Crippen LogP contribution in [0.2, 0.25) is 0 Å². The van der Waals surface area contributed by atoms with Gasteiger partial charge in [-0.25, -0.2) is 0 Å². The molecule has 0 heterocycles. The van der Waals surface area contributed by atoms with Crippen LogP contribution in [0, 0.1) is 0 Å². The van der Waals surface area contributed by atoms with Crippen LogP contribution < -0.4 is 0 Å². The second kappa shape index (κ2) is 4.34. The molecule has 82 valence electrons. The number of hydrogen-bond donors (Lipinski definition) is 0. The predicted octanol–water partition coefficient (Wildman–Crippen LogP) is 5.27. The summed E-state index contributed by atoms with van der Waals surface area (Å²) in [6.45, 7) is 0. The molecule has 0 amide bonds. The highest BCUT2D eigenvalue weighted by atomic mass is 79.9. The van der Waals surface area contributed by atoms with Gasteiger partial charge in [0.1, 0.15) is 0 Å². The van der Waals surface area contributed by atoms with Gasteiger partial charge in [0.2, 0.25) is 0 Å². The van der Waals surface area contributed by atoms with Gasteiger partial charge in [0.15, 0.2) is 0 Å². The van der Waals surface area contributed by atoms with Crippen LogP contribution in [0.15, 0.2) is 71.2 Å². The summed E-state index contributed by atoms with van der Waals surface area (Å²) in [6.07, 6.45) is 0. The standard InChI is InChI=1S/C16H11Br/c17-16-11-5-9-14-13(8-4-10-15(14)16)12-6-2-1-3-7-12/h1-11H. The maximum atomic E-state index is 3.60. The molecule has 0 aliphatic carbocycles. The summed E-state index contributed by atoms with van der Waals surface area (Å²) >= 11 is 3.60. The van der Waals surface area contributed by atoms with Crippen LogP contribution in [0.1, 0.15) is 0 Å². The summed E-state index contributed by atoms with van der Waals surface area (Å²) in [5, 5.41) is 2.54. The lowest BCUT2D eigenvalue weighted by molar-refractivity contribution is 1.64. The van der Waals surface area contributed by atoms with E-state index in [9.17, 15) is 0 Å². The zero-order valence-corrected chi connectivity index (χ0v) is 10.8. The first-order valence-corrected chi connectivity index (χ1v) is 6.38. The third-order valence-electron chi connectivity index (χ3n) is 2.95. The number of benzene rings is 3. The van der Waals surface area contributed by atoms with Crippen molar-refractivity contribution in [1.29, 1.82) is 0 Å². The highest BCUT2D eigenvalue weighted by Gasteiger charge is 2.04. The van der Waals surface area contributed by atoms with E-state index in [0.29, 0.717) is 0 Å². The minimum atomic E-state index is 1.15. The minimum absolute atomic E-state index is 1.15. The van der Waals surface area contributed by atoms with Crippen molar-refractivity contribution in [2.75, 3.05) is 0 Å². The van der Waals surface area contributed by atoms with Gasteiger partial charge in [-0.2, -0.15) is 0 Å². The summed E-state index contributed by atoms with van der Waals surface area (Å²) in [5.41, 5.74) is 2.54. The van der Waals surface area contributed by atoms with Crippen molar-refractivity contribution in [1.82, 2.24) is 0 Å². The maximum absolute atomic E-state index is 3.60. The van der Waals surface area contributed by atoms with Crippen LogP contribution in [0.25, 0.3) is 21.9 Å². The summed E-state index contributed by atoms with van der Waals surface area (Å²) in [5.74, 6) is 0. The first-order chi connectivity index (χ1) is 8.36. The SMILES string of the molecule is Brc1cccc2c(-c3ccccc3)cccc12. The lowest BCUT2D eigenvalue weighted by Crippen LogP contribution is -1.81. The molecule has 0 saturated heterocycles. The molecule has 17 heavy (non-hydrogen) atoms. The van der Waals surface area contributed by atoms with Crippen molar-refractivity contribution in [3.63, 3.8) is 0 Å². The van der Waals surface area contributed by atoms with Crippen LogP contribution >= 0.6 is 15.9 Å². The lowest BCUT2D eigenvalue weighted by Gasteiger charge is -2.07. The number of fused-ring (bicyclic) bond motifs is 1. The average Bonchev–Trinajstić information content (AvgIpc) is 2.40. The first-order valence-electron chi connectivity index (χ1n) is 5.59. The fourth-order valence-electron chi connectivity index (χ4n) is 2.14. The van der Waals surface area contributed by atoms with Crippen LogP contribution in [0.5, 0.6) is 0 Å². The van der Waals surface area contributed by atoms with E-state index in [1.54, 1.807) is 0 Å². The topological polar surface area (TPSA) is 0 Å². The fraction of sp³-hybridized carbons (Fsp3) is 0. The summed E-state index contributed by atoms with van der Waals surface area (Å²) in [6, 6.07) is 23.2. The van der Waals surface area contributed by atoms with Gasteiger partial charge in [-0.3, -0.25) is 0 Å². The zero-order chi connectivity index (χ0) is 11.7. The highest BCUT2D eigenvalue weighted by Crippen LogP contribution is 2.32. The monoisotopic (exact) mass is 282 g/mol. The molecular weight excluding hydrogens is 272 g/mol. The van der Waals surface area contributed by atoms with Crippen molar-refractivity contribution in [3.8, 4) is 11.1 Å². The van der Waals surface area contributed by atoms with Crippen molar-refractivity contribution in [2.45, 2.75) is 0 Å². The molecule has 0 bridgehead atoms. The first kappa shape index (κ1) is 10.5. The molecule has 0 saturated carbocycles. The second-order valence-corrected chi connectivity index (χ2v) is 4.86. The van der Waals surface area contributed by atoms with Gasteiger partial charge in [0.05, 0.1) is 0 Å². The molecule has 3 aromatic carbocycles. The van der Waals surface area contributed by atoms with E-state index in [1.807, 2.05) is 6.07 Å². The lowest BCUT2D eigenvalue weighted by atomic mass is 9.98. The van der Waals surface area contributed by atoms with E-state index >= 15 is 0 Å². The van der Waals surface area contributed by atoms with Crippen molar-refractivity contribution in [2.24, 2.45) is 0 Å². The van der Waals surface area contributed by atoms with Crippen molar-refractivity contribution >= 4 is 26.7 Å². The molecule has 0 aliphatic rings. The Morgan fingerprint density at radius 2 is 1.29 bits per heavy atom. The Kier molecular flexibility index (Phi) is 2.69. The van der Waals surface area contributed by atoms with E-state index < -0.39 is 0 Å². The van der Waals surface area contributed by atoms with E-state index in [4.69, 9.17) is 0 Å². The molecular formula is C16H11Br. The quantitative estimate of drug-likeness (QED) is 0.570. The smallest absolute Gasteiger partial charge is 0.0253 e. The van der Waals surface area contributed by atoms with E-state index in [2.05, 4.69) is 76.6 Å². The van der Waals surface area contributed by atoms with Gasteiger partial charge in [-0.05, 0) is 28.0 Å². The molecule has 0 fully saturated rings. The Morgan fingerprint density at radius 1 is 0.588 bits per heavy atom. The second-order valence-electron chi connectivity index (χ2n) is 4.01. The van der Waals surface area contributed by atoms with Gasteiger partial charge in [-0.15, -0.1) is 0 Å². The van der Waals surface area contributed by atoms with Crippen molar-refractivity contribution in [3.05, 3.63) is 71.2 Å². The zero-order valence-electron chi connectivity index (χ0n) is 9.23. The molecule has 0 radical (unpaired) electrons. The average molecular weight is 283 g/mol. The van der Waals surface area contributed by atoms with Gasteiger partial charge >= 0.3 is 0 Å². The normalized spacial score (nSPS) is 10.6. The van der Waals surface area contributed by atoms with Gasteiger partial charge in [0.25, 0.3) is 0 Å². The Morgan fingerprint density at radius 3 is 2.12 bits per heavy atom. The largest absolute Gasteiger partial charge is 0.0622 e. The minimum Gasteiger partial charge on any atom is -0.0622 e. The third-order valence-corrected chi connectivity index (χ3v) is 3.65. The highest BCUT2D eigenvalue weighted by molar-refractivity contribution is 9.10.